The van der Waals surface area contributed by atoms with Gasteiger partial charge in [0.2, 0.25) is 0 Å². The topological polar surface area (TPSA) is 96.9 Å². The molecule has 0 spiro atoms. The molecule has 7 heteroatoms. The number of rotatable bonds is 5. The third-order valence-corrected chi connectivity index (χ3v) is 3.01. The van der Waals surface area contributed by atoms with Crippen molar-refractivity contribution in [2.45, 2.75) is 0 Å². The average molecular weight is 316 g/mol. The highest BCUT2D eigenvalue weighted by atomic mass is 16.5. The second-order valence-corrected chi connectivity index (χ2v) is 4.53. The van der Waals surface area contributed by atoms with Gasteiger partial charge in [-0.3, -0.25) is 0 Å². The lowest BCUT2D eigenvalue weighted by Gasteiger charge is -2.11. The molecule has 2 aromatic rings. The van der Waals surface area contributed by atoms with E-state index in [2.05, 4.69) is 10.6 Å². The fourth-order valence-corrected chi connectivity index (χ4v) is 1.94. The van der Waals surface area contributed by atoms with E-state index in [1.54, 1.807) is 30.3 Å². The molecule has 0 saturated carbocycles. The van der Waals surface area contributed by atoms with Crippen LogP contribution in [0.3, 0.4) is 0 Å². The Kier molecular flexibility index (Phi) is 5.03. The summed E-state index contributed by atoms with van der Waals surface area (Å²) in [5, 5.41) is 14.1. The number of carboxylic acid groups (broad SMARTS) is 1. The van der Waals surface area contributed by atoms with Crippen LogP contribution in [0.4, 0.5) is 16.2 Å². The van der Waals surface area contributed by atoms with Crippen LogP contribution in [0.1, 0.15) is 10.4 Å². The molecule has 2 rings (SSSR count). The van der Waals surface area contributed by atoms with Gasteiger partial charge < -0.3 is 25.2 Å². The number of hydrogen-bond acceptors (Lipinski definition) is 4. The molecule has 0 bridgehead atoms. The summed E-state index contributed by atoms with van der Waals surface area (Å²) < 4.78 is 10.3. The minimum absolute atomic E-state index is 0.0916. The van der Waals surface area contributed by atoms with Crippen molar-refractivity contribution in [3.05, 3.63) is 48.0 Å². The van der Waals surface area contributed by atoms with Crippen LogP contribution in [-0.4, -0.2) is 31.3 Å². The summed E-state index contributed by atoms with van der Waals surface area (Å²) in [6, 6.07) is 10.4. The second-order valence-electron chi connectivity index (χ2n) is 4.53. The van der Waals surface area contributed by atoms with Crippen LogP contribution in [0.25, 0.3) is 0 Å². The SMILES string of the molecule is COc1ccc(NC(=O)Nc2cccc(C(=O)O)c2)cc1OC. The largest absolute Gasteiger partial charge is 0.493 e. The Morgan fingerprint density at radius 1 is 0.913 bits per heavy atom. The molecule has 0 aliphatic rings. The summed E-state index contributed by atoms with van der Waals surface area (Å²) in [6.45, 7) is 0. The fourth-order valence-electron chi connectivity index (χ4n) is 1.94. The molecule has 7 nitrogen and oxygen atoms in total. The molecule has 0 aliphatic heterocycles. The number of aromatic carboxylic acids is 1. The summed E-state index contributed by atoms with van der Waals surface area (Å²) in [5.74, 6) is -0.0280. The second kappa shape index (κ2) is 7.17. The number of ether oxygens (including phenoxy) is 2. The quantitative estimate of drug-likeness (QED) is 0.787. The number of carbonyl (C=O) groups is 2. The minimum Gasteiger partial charge on any atom is -0.493 e. The van der Waals surface area contributed by atoms with E-state index in [9.17, 15) is 9.59 Å². The van der Waals surface area contributed by atoms with E-state index in [0.29, 0.717) is 22.9 Å². The highest BCUT2D eigenvalue weighted by Crippen LogP contribution is 2.29. The maximum Gasteiger partial charge on any atom is 0.335 e. The number of urea groups is 1. The molecule has 0 unspecified atom stereocenters. The molecule has 0 aliphatic carbocycles. The van der Waals surface area contributed by atoms with Gasteiger partial charge in [-0.2, -0.15) is 0 Å². The van der Waals surface area contributed by atoms with Gasteiger partial charge in [0, 0.05) is 17.4 Å². The number of carbonyl (C=O) groups excluding carboxylic acids is 1. The molecule has 23 heavy (non-hydrogen) atoms. The Bertz CT molecular complexity index is 730. The van der Waals surface area contributed by atoms with E-state index in [0.717, 1.165) is 0 Å². The van der Waals surface area contributed by atoms with Crippen LogP contribution in [0.15, 0.2) is 42.5 Å². The zero-order chi connectivity index (χ0) is 16.8. The molecule has 3 N–H and O–H groups in total. The first-order valence-corrected chi connectivity index (χ1v) is 6.67. The maximum absolute atomic E-state index is 12.0. The zero-order valence-corrected chi connectivity index (χ0v) is 12.6. The van der Waals surface area contributed by atoms with Gasteiger partial charge in [-0.05, 0) is 30.3 Å². The lowest BCUT2D eigenvalue weighted by molar-refractivity contribution is 0.0697. The number of amides is 2. The highest BCUT2D eigenvalue weighted by Gasteiger charge is 2.09. The van der Waals surface area contributed by atoms with E-state index in [4.69, 9.17) is 14.6 Å². The Balaban J connectivity index is 2.08. The molecule has 0 radical (unpaired) electrons. The minimum atomic E-state index is -1.06. The predicted octanol–water partition coefficient (Wildman–Crippen LogP) is 3.05. The molecule has 0 aromatic heterocycles. The summed E-state index contributed by atoms with van der Waals surface area (Å²) in [5.41, 5.74) is 0.978. The molecule has 120 valence electrons. The third kappa shape index (κ3) is 4.13. The van der Waals surface area contributed by atoms with E-state index < -0.39 is 12.0 Å². The molecule has 0 heterocycles. The molecular formula is C16H16N2O5. The summed E-state index contributed by atoms with van der Waals surface area (Å²) in [4.78, 5) is 22.9. The van der Waals surface area contributed by atoms with Crippen molar-refractivity contribution < 1.29 is 24.2 Å². The van der Waals surface area contributed by atoms with Crippen molar-refractivity contribution in [1.82, 2.24) is 0 Å². The molecule has 2 amide bonds. The Labute approximate surface area is 132 Å². The number of benzene rings is 2. The smallest absolute Gasteiger partial charge is 0.335 e. The van der Waals surface area contributed by atoms with Gasteiger partial charge in [0.25, 0.3) is 0 Å². The van der Waals surface area contributed by atoms with Crippen molar-refractivity contribution in [2.24, 2.45) is 0 Å². The van der Waals surface area contributed by atoms with Gasteiger partial charge in [0.1, 0.15) is 0 Å². The van der Waals surface area contributed by atoms with Crippen molar-refractivity contribution >= 4 is 23.4 Å². The first-order valence-electron chi connectivity index (χ1n) is 6.67. The van der Waals surface area contributed by atoms with Gasteiger partial charge in [-0.1, -0.05) is 6.07 Å². The van der Waals surface area contributed by atoms with Gasteiger partial charge >= 0.3 is 12.0 Å². The highest BCUT2D eigenvalue weighted by molar-refractivity contribution is 6.00. The summed E-state index contributed by atoms with van der Waals surface area (Å²) >= 11 is 0. The molecule has 0 saturated heterocycles. The number of methoxy groups -OCH3 is 2. The monoisotopic (exact) mass is 316 g/mol. The summed E-state index contributed by atoms with van der Waals surface area (Å²) in [7, 11) is 3.02. The molecule has 0 fully saturated rings. The fraction of sp³-hybridized carbons (Fsp3) is 0.125. The van der Waals surface area contributed by atoms with Crippen molar-refractivity contribution in [2.75, 3.05) is 24.9 Å². The zero-order valence-electron chi connectivity index (χ0n) is 12.6. The average Bonchev–Trinajstić information content (AvgIpc) is 2.54. The first kappa shape index (κ1) is 16.2. The standard InChI is InChI=1S/C16H16N2O5/c1-22-13-7-6-12(9-14(13)23-2)18-16(21)17-11-5-3-4-10(8-11)15(19)20/h3-9H,1-2H3,(H,19,20)(H2,17,18,21). The lowest BCUT2D eigenvalue weighted by atomic mass is 10.2. The van der Waals surface area contributed by atoms with Crippen LogP contribution >= 0.6 is 0 Å². The Morgan fingerprint density at radius 3 is 2.17 bits per heavy atom. The predicted molar refractivity (Wildman–Crippen MR) is 85.6 cm³/mol. The third-order valence-electron chi connectivity index (χ3n) is 3.01. The number of hydrogen-bond donors (Lipinski definition) is 3. The number of carboxylic acids is 1. The number of anilines is 2. The van der Waals surface area contributed by atoms with Crippen molar-refractivity contribution in [3.63, 3.8) is 0 Å². The van der Waals surface area contributed by atoms with Gasteiger partial charge in [0.15, 0.2) is 11.5 Å². The van der Waals surface area contributed by atoms with Gasteiger partial charge in [-0.25, -0.2) is 9.59 Å². The van der Waals surface area contributed by atoms with Crippen LogP contribution < -0.4 is 20.1 Å². The van der Waals surface area contributed by atoms with E-state index >= 15 is 0 Å². The Hall–Kier alpha value is -3.22. The summed E-state index contributed by atoms with van der Waals surface area (Å²) in [6.07, 6.45) is 0. The van der Waals surface area contributed by atoms with E-state index in [1.165, 1.54) is 26.4 Å². The van der Waals surface area contributed by atoms with Crippen LogP contribution in [0.5, 0.6) is 11.5 Å². The number of nitrogens with one attached hydrogen (secondary N) is 2. The van der Waals surface area contributed by atoms with Crippen molar-refractivity contribution in [1.29, 1.82) is 0 Å². The first-order chi connectivity index (χ1) is 11.0. The van der Waals surface area contributed by atoms with Crippen LogP contribution in [-0.2, 0) is 0 Å². The Morgan fingerprint density at radius 2 is 1.57 bits per heavy atom. The van der Waals surface area contributed by atoms with Crippen LogP contribution in [0.2, 0.25) is 0 Å². The van der Waals surface area contributed by atoms with Gasteiger partial charge in [-0.15, -0.1) is 0 Å². The maximum atomic E-state index is 12.0. The molecular weight excluding hydrogens is 300 g/mol. The van der Waals surface area contributed by atoms with E-state index in [1.807, 2.05) is 0 Å². The van der Waals surface area contributed by atoms with Crippen LogP contribution in [0, 0.1) is 0 Å². The lowest BCUT2D eigenvalue weighted by Crippen LogP contribution is -2.19. The normalized spacial score (nSPS) is 9.83. The van der Waals surface area contributed by atoms with Crippen molar-refractivity contribution in [3.8, 4) is 11.5 Å². The van der Waals surface area contributed by atoms with Gasteiger partial charge in [0.05, 0.1) is 19.8 Å². The molecule has 2 aromatic carbocycles. The molecule has 0 atom stereocenters. The van der Waals surface area contributed by atoms with E-state index in [-0.39, 0.29) is 5.56 Å².